The summed E-state index contributed by atoms with van der Waals surface area (Å²) < 4.78 is 17.7. The van der Waals surface area contributed by atoms with Crippen molar-refractivity contribution in [2.24, 2.45) is 0 Å². The normalized spacial score (nSPS) is 14.7. The number of methoxy groups -OCH3 is 1. The second-order valence-electron chi connectivity index (χ2n) is 6.08. The Bertz CT molecular complexity index is 680. The van der Waals surface area contributed by atoms with E-state index in [0.717, 1.165) is 22.8 Å². The van der Waals surface area contributed by atoms with Crippen molar-refractivity contribution in [3.05, 3.63) is 53.6 Å². The van der Waals surface area contributed by atoms with Gasteiger partial charge in [-0.15, -0.1) is 23.5 Å². The van der Waals surface area contributed by atoms with Gasteiger partial charge in [0.2, 0.25) is 0 Å². The highest BCUT2D eigenvalue weighted by Gasteiger charge is 2.19. The van der Waals surface area contributed by atoms with Crippen LogP contribution in [0.4, 0.5) is 0 Å². The van der Waals surface area contributed by atoms with Crippen LogP contribution in [0.3, 0.4) is 0 Å². The molecule has 0 N–H and O–H groups in total. The molecule has 1 aliphatic heterocycles. The maximum Gasteiger partial charge on any atom is 0.161 e. The zero-order chi connectivity index (χ0) is 17.6. The Hall–Kier alpha value is -1.46. The molecule has 0 amide bonds. The molecule has 2 aromatic rings. The summed E-state index contributed by atoms with van der Waals surface area (Å²) in [5.74, 6) is 4.89. The van der Waals surface area contributed by atoms with Gasteiger partial charge in [0, 0.05) is 11.5 Å². The van der Waals surface area contributed by atoms with Crippen LogP contribution in [0.2, 0.25) is 0 Å². The van der Waals surface area contributed by atoms with Gasteiger partial charge in [-0.25, -0.2) is 0 Å². The number of hydrogen-bond acceptors (Lipinski definition) is 5. The van der Waals surface area contributed by atoms with Crippen molar-refractivity contribution < 1.29 is 14.2 Å². The zero-order valence-corrected chi connectivity index (χ0v) is 16.5. The van der Waals surface area contributed by atoms with Crippen LogP contribution in [0.5, 0.6) is 17.2 Å². The molecule has 0 saturated carbocycles. The molecule has 3 rings (SSSR count). The summed E-state index contributed by atoms with van der Waals surface area (Å²) in [5, 5.41) is 0. The Labute approximate surface area is 158 Å². The third-order valence-corrected chi connectivity index (χ3v) is 6.88. The average molecular weight is 377 g/mol. The van der Waals surface area contributed by atoms with Crippen LogP contribution in [0.25, 0.3) is 0 Å². The van der Waals surface area contributed by atoms with Crippen molar-refractivity contribution in [1.29, 1.82) is 0 Å². The minimum atomic E-state index is 0.182. The number of thioether (sulfide) groups is 2. The summed E-state index contributed by atoms with van der Waals surface area (Å²) >= 11 is 3.98. The Kier molecular flexibility index (Phi) is 6.43. The minimum absolute atomic E-state index is 0.182. The van der Waals surface area contributed by atoms with Gasteiger partial charge < -0.3 is 14.2 Å². The van der Waals surface area contributed by atoms with Gasteiger partial charge in [0.15, 0.2) is 11.5 Å². The quantitative estimate of drug-likeness (QED) is 0.632. The molecule has 1 heterocycles. The number of ether oxygens (including phenoxy) is 3. The molecule has 25 heavy (non-hydrogen) atoms. The fraction of sp³-hybridized carbons (Fsp3) is 0.400. The summed E-state index contributed by atoms with van der Waals surface area (Å²) in [7, 11) is 1.69. The third-order valence-electron chi connectivity index (χ3n) is 3.77. The third kappa shape index (κ3) is 5.02. The number of benzene rings is 2. The van der Waals surface area contributed by atoms with Crippen molar-refractivity contribution in [1.82, 2.24) is 0 Å². The van der Waals surface area contributed by atoms with Crippen LogP contribution in [-0.2, 0) is 6.61 Å². The van der Waals surface area contributed by atoms with E-state index in [4.69, 9.17) is 14.2 Å². The highest BCUT2D eigenvalue weighted by Crippen LogP contribution is 2.47. The van der Waals surface area contributed by atoms with Crippen molar-refractivity contribution in [3.63, 3.8) is 0 Å². The largest absolute Gasteiger partial charge is 0.493 e. The highest BCUT2D eigenvalue weighted by molar-refractivity contribution is 8.19. The number of rotatable bonds is 7. The first-order valence-corrected chi connectivity index (χ1v) is 10.5. The monoisotopic (exact) mass is 376 g/mol. The predicted molar refractivity (Wildman–Crippen MR) is 107 cm³/mol. The maximum absolute atomic E-state index is 5.97. The van der Waals surface area contributed by atoms with Crippen LogP contribution < -0.4 is 14.2 Å². The Morgan fingerprint density at radius 1 is 1.00 bits per heavy atom. The lowest BCUT2D eigenvalue weighted by Crippen LogP contribution is -2.05. The summed E-state index contributed by atoms with van der Waals surface area (Å²) in [6, 6.07) is 14.3. The first kappa shape index (κ1) is 18.3. The molecule has 0 unspecified atom stereocenters. The smallest absolute Gasteiger partial charge is 0.161 e. The Morgan fingerprint density at radius 2 is 1.72 bits per heavy atom. The van der Waals surface area contributed by atoms with Gasteiger partial charge >= 0.3 is 0 Å². The standard InChI is InChI=1S/C20H24O3S2/c1-14(2)23-17-7-4-15(5-8-17)13-22-18-9-6-16(12-19(18)21-3)20-24-10-11-25-20/h4-9,12,14,20H,10-11,13H2,1-3H3. The van der Waals surface area contributed by atoms with Crippen molar-refractivity contribution in [3.8, 4) is 17.2 Å². The van der Waals surface area contributed by atoms with E-state index in [1.54, 1.807) is 7.11 Å². The van der Waals surface area contributed by atoms with Crippen LogP contribution >= 0.6 is 23.5 Å². The summed E-state index contributed by atoms with van der Waals surface area (Å²) in [5.41, 5.74) is 2.40. The van der Waals surface area contributed by atoms with E-state index in [2.05, 4.69) is 12.1 Å². The molecule has 0 spiro atoms. The van der Waals surface area contributed by atoms with Crippen LogP contribution in [0.1, 0.15) is 29.6 Å². The molecule has 1 aliphatic rings. The van der Waals surface area contributed by atoms with Gasteiger partial charge in [-0.3, -0.25) is 0 Å². The first-order valence-electron chi connectivity index (χ1n) is 8.45. The predicted octanol–water partition coefficient (Wildman–Crippen LogP) is 5.54. The molecule has 0 atom stereocenters. The van der Waals surface area contributed by atoms with E-state index >= 15 is 0 Å². The second kappa shape index (κ2) is 8.77. The number of hydrogen-bond donors (Lipinski definition) is 0. The lowest BCUT2D eigenvalue weighted by Gasteiger charge is -2.15. The van der Waals surface area contributed by atoms with E-state index < -0.39 is 0 Å². The maximum atomic E-state index is 5.97. The molecule has 1 fully saturated rings. The average Bonchev–Trinajstić information content (AvgIpc) is 3.15. The molecule has 134 valence electrons. The topological polar surface area (TPSA) is 27.7 Å². The molecule has 0 aliphatic carbocycles. The van der Waals surface area contributed by atoms with E-state index in [9.17, 15) is 0 Å². The molecule has 1 saturated heterocycles. The first-order chi connectivity index (χ1) is 12.2. The van der Waals surface area contributed by atoms with E-state index in [-0.39, 0.29) is 6.10 Å². The minimum Gasteiger partial charge on any atom is -0.493 e. The van der Waals surface area contributed by atoms with Crippen LogP contribution in [0.15, 0.2) is 42.5 Å². The lowest BCUT2D eigenvalue weighted by molar-refractivity contribution is 0.242. The summed E-state index contributed by atoms with van der Waals surface area (Å²) in [4.78, 5) is 0. The van der Waals surface area contributed by atoms with Crippen molar-refractivity contribution in [2.75, 3.05) is 18.6 Å². The SMILES string of the molecule is COc1cc(C2SCCS2)ccc1OCc1ccc(OC(C)C)cc1. The van der Waals surface area contributed by atoms with Gasteiger partial charge in [0.1, 0.15) is 12.4 Å². The van der Waals surface area contributed by atoms with Crippen molar-refractivity contribution in [2.45, 2.75) is 31.1 Å². The fourth-order valence-corrected chi connectivity index (χ4v) is 5.44. The fourth-order valence-electron chi connectivity index (χ4n) is 2.60. The molecular weight excluding hydrogens is 352 g/mol. The van der Waals surface area contributed by atoms with E-state index in [0.29, 0.717) is 11.2 Å². The van der Waals surface area contributed by atoms with Gasteiger partial charge in [-0.1, -0.05) is 18.2 Å². The van der Waals surface area contributed by atoms with Crippen LogP contribution in [0, 0.1) is 0 Å². The highest BCUT2D eigenvalue weighted by atomic mass is 32.2. The molecule has 0 radical (unpaired) electrons. The summed E-state index contributed by atoms with van der Waals surface area (Å²) in [6.07, 6.45) is 0.182. The molecule has 0 bridgehead atoms. The second-order valence-corrected chi connectivity index (χ2v) is 8.81. The molecule has 2 aromatic carbocycles. The van der Waals surface area contributed by atoms with Gasteiger partial charge in [-0.05, 0) is 49.2 Å². The van der Waals surface area contributed by atoms with Crippen LogP contribution in [-0.4, -0.2) is 24.7 Å². The molecule has 5 heteroatoms. The molecule has 3 nitrogen and oxygen atoms in total. The summed E-state index contributed by atoms with van der Waals surface area (Å²) in [6.45, 7) is 4.55. The Balaban J connectivity index is 1.64. The lowest BCUT2D eigenvalue weighted by atomic mass is 10.2. The van der Waals surface area contributed by atoms with Gasteiger partial charge in [0.25, 0.3) is 0 Å². The Morgan fingerprint density at radius 3 is 2.36 bits per heavy atom. The van der Waals surface area contributed by atoms with Crippen molar-refractivity contribution >= 4 is 23.5 Å². The zero-order valence-electron chi connectivity index (χ0n) is 14.9. The van der Waals surface area contributed by atoms with Gasteiger partial charge in [0.05, 0.1) is 17.8 Å². The molecular formula is C20H24O3S2. The van der Waals surface area contributed by atoms with E-state index in [1.165, 1.54) is 17.1 Å². The molecule has 0 aromatic heterocycles. The van der Waals surface area contributed by atoms with Gasteiger partial charge in [-0.2, -0.15) is 0 Å². The van der Waals surface area contributed by atoms with E-state index in [1.807, 2.05) is 67.7 Å².